The van der Waals surface area contributed by atoms with Gasteiger partial charge >= 0.3 is 5.97 Å². The van der Waals surface area contributed by atoms with Gasteiger partial charge in [-0.1, -0.05) is 12.1 Å². The molecule has 3 aromatic rings. The summed E-state index contributed by atoms with van der Waals surface area (Å²) in [6.45, 7) is 4.74. The Morgan fingerprint density at radius 3 is 2.26 bits per heavy atom. The minimum absolute atomic E-state index is 0.0474. The number of aromatic nitrogens is 1. The number of hydrogen-bond acceptors (Lipinski definition) is 7. The van der Waals surface area contributed by atoms with Crippen molar-refractivity contribution in [3.63, 3.8) is 0 Å². The van der Waals surface area contributed by atoms with Crippen LogP contribution in [-0.2, 0) is 21.3 Å². The number of esters is 1. The molecule has 0 fully saturated rings. The van der Waals surface area contributed by atoms with E-state index in [9.17, 15) is 22.0 Å². The number of carbonyl (C=O) groups excluding carboxylic acids is 1. The lowest BCUT2D eigenvalue weighted by atomic mass is 10.2. The lowest BCUT2D eigenvalue weighted by Gasteiger charge is -2.25. The van der Waals surface area contributed by atoms with Crippen LogP contribution in [0.1, 0.15) is 36.8 Å². The molecule has 1 heterocycles. The molecule has 7 nitrogen and oxygen atoms in total. The molecule has 0 amide bonds. The molecule has 0 saturated carbocycles. The highest BCUT2D eigenvalue weighted by Gasteiger charge is 2.33. The Hall–Kier alpha value is -2.57. The molecular weight excluding hydrogens is 554 g/mol. The van der Waals surface area contributed by atoms with Gasteiger partial charge in [0.25, 0.3) is 10.0 Å². The molecule has 0 bridgehead atoms. The molecular formula is C22H21BrF2N2O5S2. The Morgan fingerprint density at radius 2 is 1.74 bits per heavy atom. The van der Waals surface area contributed by atoms with Gasteiger partial charge in [0, 0.05) is 0 Å². The number of halogens is 3. The molecule has 3 rings (SSSR count). The fraction of sp³-hybridized carbons (Fsp3) is 0.273. The Morgan fingerprint density at radius 1 is 1.15 bits per heavy atom. The first-order valence-electron chi connectivity index (χ1n) is 9.80. The number of hydrogen-bond donors (Lipinski definition) is 0. The van der Waals surface area contributed by atoms with Crippen LogP contribution in [0, 0.1) is 11.6 Å². The highest BCUT2D eigenvalue weighted by Crippen LogP contribution is 2.35. The topological polar surface area (TPSA) is 85.8 Å². The summed E-state index contributed by atoms with van der Waals surface area (Å²) in [5.41, 5.74) is 0.754. The fourth-order valence-corrected chi connectivity index (χ4v) is 5.58. The number of anilines is 1. The molecule has 0 aliphatic carbocycles. The van der Waals surface area contributed by atoms with E-state index in [-0.39, 0.29) is 17.2 Å². The summed E-state index contributed by atoms with van der Waals surface area (Å²) in [6, 6.07) is 7.97. The standard InChI is InChI=1S/C22H21BrF2N2O5S2/c1-22(2,3)32-21(28)19-20(33-12-26-19)27(11-13-5-7-14(31-4)8-6-13)34(29,30)15-9-16(24)18(23)17(25)10-15/h5-10,12H,11H2,1-4H3. The van der Waals surface area contributed by atoms with E-state index in [2.05, 4.69) is 20.9 Å². The van der Waals surface area contributed by atoms with Crippen LogP contribution in [0.3, 0.4) is 0 Å². The average molecular weight is 575 g/mol. The van der Waals surface area contributed by atoms with E-state index in [1.165, 1.54) is 12.6 Å². The van der Waals surface area contributed by atoms with Gasteiger partial charge in [0.15, 0.2) is 5.69 Å². The van der Waals surface area contributed by atoms with Crippen LogP contribution in [0.25, 0.3) is 0 Å². The number of carbonyl (C=O) groups is 1. The quantitative estimate of drug-likeness (QED) is 0.272. The Labute approximate surface area is 208 Å². The van der Waals surface area contributed by atoms with Crippen LogP contribution < -0.4 is 9.04 Å². The van der Waals surface area contributed by atoms with Crippen molar-refractivity contribution in [1.82, 2.24) is 4.98 Å². The predicted octanol–water partition coefficient (Wildman–Crippen LogP) is 5.54. The van der Waals surface area contributed by atoms with Gasteiger partial charge in [0.2, 0.25) is 0 Å². The molecule has 0 atom stereocenters. The molecule has 0 aliphatic rings. The molecule has 0 spiro atoms. The molecule has 34 heavy (non-hydrogen) atoms. The molecule has 12 heteroatoms. The molecule has 0 saturated heterocycles. The second-order valence-electron chi connectivity index (χ2n) is 8.07. The number of thiazole rings is 1. The second kappa shape index (κ2) is 9.96. The summed E-state index contributed by atoms with van der Waals surface area (Å²) in [5.74, 6) is -2.44. The Kier molecular flexibility index (Phi) is 7.63. The van der Waals surface area contributed by atoms with Crippen LogP contribution in [0.2, 0.25) is 0 Å². The molecule has 1 aromatic heterocycles. The third kappa shape index (κ3) is 5.73. The molecule has 182 valence electrons. The van der Waals surface area contributed by atoms with Crippen LogP contribution in [0.5, 0.6) is 5.75 Å². The lowest BCUT2D eigenvalue weighted by molar-refractivity contribution is 0.00646. The first kappa shape index (κ1) is 26.0. The summed E-state index contributed by atoms with van der Waals surface area (Å²) in [6.07, 6.45) is 0. The van der Waals surface area contributed by atoms with Gasteiger partial charge in [-0.15, -0.1) is 11.3 Å². The first-order chi connectivity index (χ1) is 15.8. The molecule has 0 aliphatic heterocycles. The van der Waals surface area contributed by atoms with Crippen molar-refractivity contribution in [2.75, 3.05) is 11.4 Å². The van der Waals surface area contributed by atoms with Crippen molar-refractivity contribution in [1.29, 1.82) is 0 Å². The van der Waals surface area contributed by atoms with E-state index in [4.69, 9.17) is 9.47 Å². The maximum atomic E-state index is 14.2. The zero-order valence-electron chi connectivity index (χ0n) is 18.6. The lowest BCUT2D eigenvalue weighted by Crippen LogP contribution is -2.32. The number of methoxy groups -OCH3 is 1. The average Bonchev–Trinajstić information content (AvgIpc) is 3.24. The number of ether oxygens (including phenoxy) is 2. The minimum Gasteiger partial charge on any atom is -0.497 e. The van der Waals surface area contributed by atoms with Gasteiger partial charge in [-0.2, -0.15) is 0 Å². The van der Waals surface area contributed by atoms with E-state index < -0.39 is 42.6 Å². The molecule has 0 unspecified atom stereocenters. The smallest absolute Gasteiger partial charge is 0.360 e. The SMILES string of the molecule is COc1ccc(CN(c2scnc2C(=O)OC(C)(C)C)S(=O)(=O)c2cc(F)c(Br)c(F)c2)cc1. The number of nitrogens with zero attached hydrogens (tertiary/aromatic N) is 2. The maximum absolute atomic E-state index is 14.2. The minimum atomic E-state index is -4.54. The van der Waals surface area contributed by atoms with E-state index in [1.807, 2.05) is 0 Å². The normalized spacial score (nSPS) is 11.9. The van der Waals surface area contributed by atoms with Crippen molar-refractivity contribution in [2.24, 2.45) is 0 Å². The van der Waals surface area contributed by atoms with Gasteiger partial charge in [0.05, 0.1) is 28.5 Å². The summed E-state index contributed by atoms with van der Waals surface area (Å²) in [5, 5.41) is -0.0474. The van der Waals surface area contributed by atoms with E-state index in [0.717, 1.165) is 15.6 Å². The zero-order chi connectivity index (χ0) is 25.3. The second-order valence-corrected chi connectivity index (χ2v) is 11.6. The van der Waals surface area contributed by atoms with E-state index >= 15 is 0 Å². The van der Waals surface area contributed by atoms with Gasteiger partial charge in [-0.05, 0) is 66.5 Å². The van der Waals surface area contributed by atoms with Gasteiger partial charge in [-0.3, -0.25) is 4.31 Å². The summed E-state index contributed by atoms with van der Waals surface area (Å²) in [4.78, 5) is 16.1. The largest absolute Gasteiger partial charge is 0.497 e. The summed E-state index contributed by atoms with van der Waals surface area (Å²) < 4.78 is 66.5. The highest BCUT2D eigenvalue weighted by atomic mass is 79.9. The van der Waals surface area contributed by atoms with Crippen molar-refractivity contribution in [2.45, 2.75) is 37.8 Å². The molecule has 2 aromatic carbocycles. The monoisotopic (exact) mass is 574 g/mol. The third-order valence-corrected chi connectivity index (χ3v) is 7.84. The predicted molar refractivity (Wildman–Crippen MR) is 128 cm³/mol. The maximum Gasteiger partial charge on any atom is 0.360 e. The fourth-order valence-electron chi connectivity index (χ4n) is 2.85. The van der Waals surface area contributed by atoms with E-state index in [0.29, 0.717) is 23.4 Å². The zero-order valence-corrected chi connectivity index (χ0v) is 21.9. The van der Waals surface area contributed by atoms with Crippen molar-refractivity contribution >= 4 is 48.3 Å². The number of benzene rings is 2. The van der Waals surface area contributed by atoms with Gasteiger partial charge < -0.3 is 9.47 Å². The van der Waals surface area contributed by atoms with Crippen molar-refractivity contribution < 1.29 is 31.5 Å². The van der Waals surface area contributed by atoms with Gasteiger partial charge in [-0.25, -0.2) is 27.0 Å². The van der Waals surface area contributed by atoms with Crippen LogP contribution in [-0.4, -0.2) is 32.1 Å². The third-order valence-electron chi connectivity index (χ3n) is 4.40. The van der Waals surface area contributed by atoms with Crippen molar-refractivity contribution in [3.05, 3.63) is 69.3 Å². The number of rotatable bonds is 7. The summed E-state index contributed by atoms with van der Waals surface area (Å²) >= 11 is 3.63. The molecule has 0 radical (unpaired) electrons. The van der Waals surface area contributed by atoms with Crippen LogP contribution in [0.4, 0.5) is 13.8 Å². The van der Waals surface area contributed by atoms with Crippen LogP contribution >= 0.6 is 27.3 Å². The highest BCUT2D eigenvalue weighted by molar-refractivity contribution is 9.10. The van der Waals surface area contributed by atoms with Gasteiger partial charge in [0.1, 0.15) is 28.0 Å². The van der Waals surface area contributed by atoms with E-state index in [1.54, 1.807) is 45.0 Å². The first-order valence-corrected chi connectivity index (χ1v) is 12.9. The Bertz CT molecular complexity index is 1280. The summed E-state index contributed by atoms with van der Waals surface area (Å²) in [7, 11) is -3.04. The Balaban J connectivity index is 2.14. The number of sulfonamides is 1. The molecule has 0 N–H and O–H groups in total. The van der Waals surface area contributed by atoms with Crippen LogP contribution in [0.15, 0.2) is 51.3 Å². The van der Waals surface area contributed by atoms with Crippen molar-refractivity contribution in [3.8, 4) is 5.75 Å².